The van der Waals surface area contributed by atoms with Crippen LogP contribution < -0.4 is 11.2 Å². The second-order valence-electron chi connectivity index (χ2n) is 4.32. The third-order valence-electron chi connectivity index (χ3n) is 3.00. The molecule has 0 aliphatic heterocycles. The van der Waals surface area contributed by atoms with E-state index in [0.717, 1.165) is 4.57 Å². The largest absolute Gasteiger partial charge is 0.333 e. The summed E-state index contributed by atoms with van der Waals surface area (Å²) in [6, 6.07) is 0. The van der Waals surface area contributed by atoms with Gasteiger partial charge in [-0.05, 0) is 0 Å². The number of halogens is 1. The molecule has 0 aliphatic rings. The Hall–Kier alpha value is -2.34. The number of allylic oxidation sites excluding steroid dienone is 3. The van der Waals surface area contributed by atoms with Crippen LogP contribution in [0.15, 0.2) is 52.8 Å². The van der Waals surface area contributed by atoms with Crippen molar-refractivity contribution in [2.24, 2.45) is 0 Å². The second kappa shape index (κ2) is 6.41. The average molecular weight is 307 g/mol. The first-order valence-corrected chi connectivity index (χ1v) is 6.74. The van der Waals surface area contributed by atoms with E-state index < -0.39 is 11.2 Å². The van der Waals surface area contributed by atoms with E-state index in [0.29, 0.717) is 17.7 Å². The number of aromatic nitrogens is 4. The third-order valence-corrected chi connectivity index (χ3v) is 3.18. The van der Waals surface area contributed by atoms with Crippen LogP contribution in [0.4, 0.5) is 0 Å². The van der Waals surface area contributed by atoms with Crippen molar-refractivity contribution < 1.29 is 0 Å². The van der Waals surface area contributed by atoms with Crippen molar-refractivity contribution in [3.8, 4) is 0 Å². The Kier molecular flexibility index (Phi) is 4.59. The summed E-state index contributed by atoms with van der Waals surface area (Å²) in [5.41, 5.74) is 1.25. The zero-order valence-corrected chi connectivity index (χ0v) is 12.2. The average Bonchev–Trinajstić information content (AvgIpc) is 2.89. The number of rotatable bonds is 6. The number of fused-ring (bicyclic) bond motifs is 1. The van der Waals surface area contributed by atoms with Gasteiger partial charge in [-0.15, -0.1) is 13.2 Å². The molecule has 0 unspecified atom stereocenters. The first kappa shape index (κ1) is 15.1. The summed E-state index contributed by atoms with van der Waals surface area (Å²) < 4.78 is 4.19. The molecular formula is C14H15ClN4O2. The molecule has 2 rings (SSSR count). The quantitative estimate of drug-likeness (QED) is 0.760. The van der Waals surface area contributed by atoms with Crippen LogP contribution in [0.5, 0.6) is 0 Å². The Morgan fingerprint density at radius 3 is 2.43 bits per heavy atom. The van der Waals surface area contributed by atoms with Crippen molar-refractivity contribution in [3.63, 3.8) is 0 Å². The van der Waals surface area contributed by atoms with Crippen LogP contribution in [-0.4, -0.2) is 18.7 Å². The van der Waals surface area contributed by atoms with Crippen molar-refractivity contribution in [3.05, 3.63) is 64.1 Å². The lowest BCUT2D eigenvalue weighted by Crippen LogP contribution is -2.40. The molecule has 7 heteroatoms. The van der Waals surface area contributed by atoms with Gasteiger partial charge in [0.1, 0.15) is 0 Å². The minimum absolute atomic E-state index is 0.140. The molecule has 0 aromatic carbocycles. The van der Waals surface area contributed by atoms with E-state index >= 15 is 0 Å². The molecule has 0 fully saturated rings. The molecule has 21 heavy (non-hydrogen) atoms. The normalized spacial score (nSPS) is 11.3. The molecule has 2 aromatic heterocycles. The Balaban J connectivity index is 2.85. The molecule has 0 atom stereocenters. The zero-order chi connectivity index (χ0) is 15.4. The smallest absolute Gasteiger partial charge is 0.321 e. The van der Waals surface area contributed by atoms with Gasteiger partial charge in [-0.25, -0.2) is 9.78 Å². The van der Waals surface area contributed by atoms with E-state index in [2.05, 4.69) is 18.1 Å². The molecule has 2 aromatic rings. The van der Waals surface area contributed by atoms with Gasteiger partial charge in [0.25, 0.3) is 5.56 Å². The van der Waals surface area contributed by atoms with Gasteiger partial charge in [0.05, 0.1) is 6.33 Å². The second-order valence-corrected chi connectivity index (χ2v) is 4.57. The minimum Gasteiger partial charge on any atom is -0.321 e. The first-order chi connectivity index (χ1) is 10.2. The number of nitrogens with zero attached hydrogens (tertiary/aromatic N) is 4. The zero-order valence-electron chi connectivity index (χ0n) is 11.4. The highest BCUT2D eigenvalue weighted by molar-refractivity contribution is 6.25. The van der Waals surface area contributed by atoms with Crippen molar-refractivity contribution in [1.29, 1.82) is 0 Å². The van der Waals surface area contributed by atoms with Gasteiger partial charge in [-0.3, -0.25) is 13.9 Å². The van der Waals surface area contributed by atoms with Crippen LogP contribution in [0.1, 0.15) is 0 Å². The molecular weight excluding hydrogens is 292 g/mol. The van der Waals surface area contributed by atoms with E-state index in [9.17, 15) is 9.59 Å². The van der Waals surface area contributed by atoms with Crippen molar-refractivity contribution >= 4 is 22.8 Å². The maximum absolute atomic E-state index is 12.5. The fourth-order valence-corrected chi connectivity index (χ4v) is 2.19. The molecule has 0 radical (unpaired) electrons. The van der Waals surface area contributed by atoms with Gasteiger partial charge in [-0.1, -0.05) is 29.8 Å². The summed E-state index contributed by atoms with van der Waals surface area (Å²) in [5.74, 6) is 0. The molecule has 0 N–H and O–H groups in total. The summed E-state index contributed by atoms with van der Waals surface area (Å²) in [5, 5.41) is 0. The third kappa shape index (κ3) is 2.62. The summed E-state index contributed by atoms with van der Waals surface area (Å²) in [7, 11) is 0. The Morgan fingerprint density at radius 2 is 1.81 bits per heavy atom. The highest BCUT2D eigenvalue weighted by atomic mass is 35.5. The standard InChI is InChI=1S/C14H15ClN4O2/c1-3-7-18-12-11(17(10-16-12)9-5-6-15)13(20)19(8-4-2)14(18)21/h3-6,10H,1-2,7-9H2. The number of imidazole rings is 1. The minimum atomic E-state index is -0.426. The van der Waals surface area contributed by atoms with Crippen molar-refractivity contribution in [1.82, 2.24) is 18.7 Å². The van der Waals surface area contributed by atoms with Crippen LogP contribution in [-0.2, 0) is 19.6 Å². The highest BCUT2D eigenvalue weighted by Crippen LogP contribution is 2.07. The lowest BCUT2D eigenvalue weighted by molar-refractivity contribution is 0.643. The summed E-state index contributed by atoms with van der Waals surface area (Å²) in [6.45, 7) is 8.01. The van der Waals surface area contributed by atoms with Crippen LogP contribution in [0.3, 0.4) is 0 Å². The van der Waals surface area contributed by atoms with Crippen LogP contribution in [0, 0.1) is 0 Å². The van der Waals surface area contributed by atoms with Gasteiger partial charge in [0.2, 0.25) is 0 Å². The van der Waals surface area contributed by atoms with E-state index in [1.807, 2.05) is 0 Å². The Bertz CT molecular complexity index is 826. The van der Waals surface area contributed by atoms with E-state index in [1.165, 1.54) is 22.5 Å². The van der Waals surface area contributed by atoms with Crippen LogP contribution in [0.2, 0.25) is 0 Å². The van der Waals surface area contributed by atoms with Gasteiger partial charge < -0.3 is 4.57 Å². The Morgan fingerprint density at radius 1 is 1.14 bits per heavy atom. The topological polar surface area (TPSA) is 61.8 Å². The van der Waals surface area contributed by atoms with Gasteiger partial charge in [-0.2, -0.15) is 0 Å². The fraction of sp³-hybridized carbons (Fsp3) is 0.214. The molecule has 0 amide bonds. The van der Waals surface area contributed by atoms with E-state index in [4.69, 9.17) is 11.6 Å². The molecule has 0 saturated heterocycles. The molecule has 2 heterocycles. The van der Waals surface area contributed by atoms with Gasteiger partial charge >= 0.3 is 5.69 Å². The maximum Gasteiger partial charge on any atom is 0.333 e. The Labute approximate surface area is 125 Å². The van der Waals surface area contributed by atoms with Crippen LogP contribution >= 0.6 is 11.6 Å². The van der Waals surface area contributed by atoms with E-state index in [-0.39, 0.29) is 13.1 Å². The predicted octanol–water partition coefficient (Wildman–Crippen LogP) is 1.48. The van der Waals surface area contributed by atoms with Gasteiger partial charge in [0, 0.05) is 25.2 Å². The van der Waals surface area contributed by atoms with Crippen molar-refractivity contribution in [2.75, 3.05) is 0 Å². The molecule has 0 aliphatic carbocycles. The molecule has 0 bridgehead atoms. The van der Waals surface area contributed by atoms with Crippen molar-refractivity contribution in [2.45, 2.75) is 19.6 Å². The van der Waals surface area contributed by atoms with Crippen LogP contribution in [0.25, 0.3) is 11.2 Å². The summed E-state index contributed by atoms with van der Waals surface area (Å²) >= 11 is 5.52. The first-order valence-electron chi connectivity index (χ1n) is 6.31. The molecule has 110 valence electrons. The SMILES string of the molecule is C=CCn1c(=O)c2c(ncn2CC=CCl)n(CC=C)c1=O. The fourth-order valence-electron chi connectivity index (χ4n) is 2.11. The number of hydrogen-bond acceptors (Lipinski definition) is 3. The van der Waals surface area contributed by atoms with Gasteiger partial charge in [0.15, 0.2) is 11.2 Å². The lowest BCUT2D eigenvalue weighted by atomic mass is 10.4. The molecule has 0 spiro atoms. The lowest BCUT2D eigenvalue weighted by Gasteiger charge is -2.09. The highest BCUT2D eigenvalue weighted by Gasteiger charge is 2.16. The molecule has 0 saturated carbocycles. The molecule has 6 nitrogen and oxygen atoms in total. The predicted molar refractivity (Wildman–Crippen MR) is 83.6 cm³/mol. The van der Waals surface area contributed by atoms with E-state index in [1.54, 1.807) is 16.7 Å². The maximum atomic E-state index is 12.5. The monoisotopic (exact) mass is 306 g/mol. The number of hydrogen-bond donors (Lipinski definition) is 0. The summed E-state index contributed by atoms with van der Waals surface area (Å²) in [4.78, 5) is 29.0. The summed E-state index contributed by atoms with van der Waals surface area (Å²) in [6.07, 6.45) is 6.29.